The maximum Gasteiger partial charge on any atom is 0.325 e. The van der Waals surface area contributed by atoms with Gasteiger partial charge in [0.05, 0.1) is 17.3 Å². The van der Waals surface area contributed by atoms with E-state index in [0.29, 0.717) is 0 Å². The summed E-state index contributed by atoms with van der Waals surface area (Å²) in [6.07, 6.45) is 3.36. The van der Waals surface area contributed by atoms with Crippen molar-refractivity contribution in [3.05, 3.63) is 22.9 Å². The van der Waals surface area contributed by atoms with Crippen LogP contribution in [0.4, 0.5) is 5.69 Å². The second kappa shape index (κ2) is 4.95. The molecule has 0 unspecified atom stereocenters. The Bertz CT molecular complexity index is 330. The van der Waals surface area contributed by atoms with Crippen molar-refractivity contribution in [3.8, 4) is 0 Å². The molecule has 76 valence electrons. The summed E-state index contributed by atoms with van der Waals surface area (Å²) >= 11 is 3.35. The predicted octanol–water partition coefficient (Wildman–Crippen LogP) is 1.45. The smallest absolute Gasteiger partial charge is 0.325 e. The fourth-order valence-corrected chi connectivity index (χ4v) is 1.57. The number of anilines is 1. The van der Waals surface area contributed by atoms with Crippen molar-refractivity contribution >= 4 is 27.6 Å². The number of likely N-dealkylation sites (N-methyl/N-ethyl adjacent to an activating group) is 1. The molecule has 0 N–H and O–H groups in total. The van der Waals surface area contributed by atoms with Gasteiger partial charge in [-0.3, -0.25) is 9.78 Å². The van der Waals surface area contributed by atoms with Crippen molar-refractivity contribution in [1.82, 2.24) is 4.98 Å². The van der Waals surface area contributed by atoms with Crippen molar-refractivity contribution in [2.45, 2.75) is 0 Å². The molecule has 0 saturated heterocycles. The molecular formula is C9H11BrN2O2. The van der Waals surface area contributed by atoms with Crippen LogP contribution in [-0.4, -0.2) is 31.7 Å². The second-order valence-electron chi connectivity index (χ2n) is 2.76. The number of carbonyl (C=O) groups excluding carboxylic acids is 1. The van der Waals surface area contributed by atoms with Crippen LogP contribution in [0.25, 0.3) is 0 Å². The lowest BCUT2D eigenvalue weighted by atomic mass is 10.3. The van der Waals surface area contributed by atoms with Gasteiger partial charge in [-0.25, -0.2) is 0 Å². The van der Waals surface area contributed by atoms with Crippen LogP contribution < -0.4 is 4.90 Å². The molecule has 0 aliphatic heterocycles. The Labute approximate surface area is 91.0 Å². The van der Waals surface area contributed by atoms with Crippen molar-refractivity contribution < 1.29 is 9.53 Å². The molecule has 0 aliphatic carbocycles. The van der Waals surface area contributed by atoms with E-state index >= 15 is 0 Å². The lowest BCUT2D eigenvalue weighted by Crippen LogP contribution is -2.26. The molecule has 0 saturated carbocycles. The summed E-state index contributed by atoms with van der Waals surface area (Å²) in [5.74, 6) is -0.267. The van der Waals surface area contributed by atoms with Gasteiger partial charge in [0.2, 0.25) is 0 Å². The molecule has 4 nitrogen and oxygen atoms in total. The first kappa shape index (κ1) is 11.0. The van der Waals surface area contributed by atoms with E-state index in [0.717, 1.165) is 10.2 Å². The van der Waals surface area contributed by atoms with Gasteiger partial charge >= 0.3 is 5.97 Å². The maximum absolute atomic E-state index is 11.0. The molecule has 0 atom stereocenters. The van der Waals surface area contributed by atoms with Crippen LogP contribution in [0.2, 0.25) is 0 Å². The standard InChI is InChI=1S/C9H11BrN2O2/c1-12(6-9(13)14-2)8-3-4-11-5-7(8)10/h3-5H,6H2,1-2H3. The molecule has 1 rings (SSSR count). The first-order chi connectivity index (χ1) is 6.65. The molecule has 0 amide bonds. The van der Waals surface area contributed by atoms with Crippen LogP contribution in [0.1, 0.15) is 0 Å². The van der Waals surface area contributed by atoms with Crippen LogP contribution in [0.15, 0.2) is 22.9 Å². The number of ether oxygens (including phenoxy) is 1. The zero-order chi connectivity index (χ0) is 10.6. The summed E-state index contributed by atoms with van der Waals surface area (Å²) in [4.78, 5) is 16.7. The summed E-state index contributed by atoms with van der Waals surface area (Å²) in [5.41, 5.74) is 0.908. The zero-order valence-electron chi connectivity index (χ0n) is 8.03. The molecular weight excluding hydrogens is 248 g/mol. The Hall–Kier alpha value is -1.10. The highest BCUT2D eigenvalue weighted by atomic mass is 79.9. The normalized spacial score (nSPS) is 9.64. The van der Waals surface area contributed by atoms with E-state index in [1.807, 2.05) is 13.1 Å². The Morgan fingerprint density at radius 2 is 2.43 bits per heavy atom. The number of rotatable bonds is 3. The fourth-order valence-electron chi connectivity index (χ4n) is 1.02. The molecule has 0 radical (unpaired) electrons. The fraction of sp³-hybridized carbons (Fsp3) is 0.333. The number of nitrogens with zero attached hydrogens (tertiary/aromatic N) is 2. The number of carbonyl (C=O) groups is 1. The van der Waals surface area contributed by atoms with Crippen LogP contribution in [0.5, 0.6) is 0 Å². The monoisotopic (exact) mass is 258 g/mol. The molecule has 0 spiro atoms. The van der Waals surface area contributed by atoms with Crippen LogP contribution >= 0.6 is 15.9 Å². The topological polar surface area (TPSA) is 42.4 Å². The summed E-state index contributed by atoms with van der Waals surface area (Å²) in [6, 6.07) is 1.83. The predicted molar refractivity (Wildman–Crippen MR) is 57.2 cm³/mol. The minimum Gasteiger partial charge on any atom is -0.468 e. The molecule has 1 aromatic rings. The number of halogens is 1. The van der Waals surface area contributed by atoms with Gasteiger partial charge in [0.1, 0.15) is 6.54 Å². The Balaban J connectivity index is 2.74. The summed E-state index contributed by atoms with van der Waals surface area (Å²) < 4.78 is 5.42. The van der Waals surface area contributed by atoms with Crippen molar-refractivity contribution in [2.75, 3.05) is 25.6 Å². The largest absolute Gasteiger partial charge is 0.468 e. The lowest BCUT2D eigenvalue weighted by molar-refractivity contribution is -0.138. The molecule has 0 aliphatic rings. The molecule has 1 aromatic heterocycles. The van der Waals surface area contributed by atoms with E-state index in [1.165, 1.54) is 7.11 Å². The average Bonchev–Trinajstić information content (AvgIpc) is 2.18. The minimum atomic E-state index is -0.267. The first-order valence-electron chi connectivity index (χ1n) is 4.02. The molecule has 0 fully saturated rings. The number of aromatic nitrogens is 1. The van der Waals surface area contributed by atoms with E-state index in [1.54, 1.807) is 17.3 Å². The molecule has 0 bridgehead atoms. The van der Waals surface area contributed by atoms with E-state index in [2.05, 4.69) is 25.7 Å². The van der Waals surface area contributed by atoms with Crippen molar-refractivity contribution in [2.24, 2.45) is 0 Å². The highest BCUT2D eigenvalue weighted by Crippen LogP contribution is 2.23. The third kappa shape index (κ3) is 2.70. The number of hydrogen-bond acceptors (Lipinski definition) is 4. The zero-order valence-corrected chi connectivity index (χ0v) is 9.61. The third-order valence-corrected chi connectivity index (χ3v) is 2.37. The van der Waals surface area contributed by atoms with Gasteiger partial charge in [0, 0.05) is 19.4 Å². The summed E-state index contributed by atoms with van der Waals surface area (Å²) in [5, 5.41) is 0. The minimum absolute atomic E-state index is 0.221. The number of pyridine rings is 1. The van der Waals surface area contributed by atoms with Gasteiger partial charge in [-0.1, -0.05) is 0 Å². The van der Waals surface area contributed by atoms with Gasteiger partial charge in [-0.2, -0.15) is 0 Å². The third-order valence-electron chi connectivity index (χ3n) is 1.76. The Kier molecular flexibility index (Phi) is 3.88. The maximum atomic E-state index is 11.0. The Morgan fingerprint density at radius 1 is 1.71 bits per heavy atom. The van der Waals surface area contributed by atoms with Crippen LogP contribution in [0, 0.1) is 0 Å². The van der Waals surface area contributed by atoms with E-state index in [-0.39, 0.29) is 12.5 Å². The van der Waals surface area contributed by atoms with E-state index < -0.39 is 0 Å². The Morgan fingerprint density at radius 3 is 3.00 bits per heavy atom. The van der Waals surface area contributed by atoms with Crippen molar-refractivity contribution in [3.63, 3.8) is 0 Å². The van der Waals surface area contributed by atoms with Crippen molar-refractivity contribution in [1.29, 1.82) is 0 Å². The van der Waals surface area contributed by atoms with Crippen LogP contribution in [-0.2, 0) is 9.53 Å². The van der Waals surface area contributed by atoms with Crippen LogP contribution in [0.3, 0.4) is 0 Å². The number of methoxy groups -OCH3 is 1. The van der Waals surface area contributed by atoms with Gasteiger partial charge < -0.3 is 9.64 Å². The molecule has 5 heteroatoms. The second-order valence-corrected chi connectivity index (χ2v) is 3.61. The number of hydrogen-bond donors (Lipinski definition) is 0. The van der Waals surface area contributed by atoms with Gasteiger partial charge in [-0.15, -0.1) is 0 Å². The summed E-state index contributed by atoms with van der Waals surface area (Å²) in [7, 11) is 3.19. The highest BCUT2D eigenvalue weighted by Gasteiger charge is 2.09. The average molecular weight is 259 g/mol. The van der Waals surface area contributed by atoms with Gasteiger partial charge in [0.15, 0.2) is 0 Å². The SMILES string of the molecule is COC(=O)CN(C)c1ccncc1Br. The van der Waals surface area contributed by atoms with Gasteiger partial charge in [-0.05, 0) is 22.0 Å². The first-order valence-corrected chi connectivity index (χ1v) is 4.82. The van der Waals surface area contributed by atoms with Gasteiger partial charge in [0.25, 0.3) is 0 Å². The highest BCUT2D eigenvalue weighted by molar-refractivity contribution is 9.10. The number of esters is 1. The summed E-state index contributed by atoms with van der Waals surface area (Å²) in [6.45, 7) is 0.221. The quantitative estimate of drug-likeness (QED) is 0.770. The lowest BCUT2D eigenvalue weighted by Gasteiger charge is -2.18. The molecule has 14 heavy (non-hydrogen) atoms. The van der Waals surface area contributed by atoms with E-state index in [4.69, 9.17) is 0 Å². The van der Waals surface area contributed by atoms with E-state index in [9.17, 15) is 4.79 Å². The molecule has 1 heterocycles. The molecule has 0 aromatic carbocycles.